The minimum absolute atomic E-state index is 0.336. The molecule has 0 amide bonds. The van der Waals surface area contributed by atoms with Gasteiger partial charge in [-0.3, -0.25) is 0 Å². The highest BCUT2D eigenvalue weighted by atomic mass is 16.5. The summed E-state index contributed by atoms with van der Waals surface area (Å²) in [5.74, 6) is 2.79. The molecule has 152 valence electrons. The molecule has 1 aromatic rings. The molecule has 0 saturated heterocycles. The molecule has 0 heterocycles. The summed E-state index contributed by atoms with van der Waals surface area (Å²) < 4.78 is 6.13. The first-order chi connectivity index (χ1) is 12.4. The van der Waals surface area contributed by atoms with Crippen molar-refractivity contribution < 1.29 is 4.74 Å². The van der Waals surface area contributed by atoms with Crippen molar-refractivity contribution in [2.75, 3.05) is 6.61 Å². The molecule has 0 saturated carbocycles. The SMILES string of the molecule is CC(CCC(COc1ccc(C#N)cc1)C(C)CC(C)(C)C)CC(C)(C)C. The maximum absolute atomic E-state index is 8.94. The molecule has 0 fully saturated rings. The van der Waals surface area contributed by atoms with Crippen LogP contribution in [0.1, 0.15) is 86.6 Å². The van der Waals surface area contributed by atoms with E-state index in [-0.39, 0.29) is 0 Å². The van der Waals surface area contributed by atoms with Crippen LogP contribution in [0.25, 0.3) is 0 Å². The molecule has 0 bridgehead atoms. The van der Waals surface area contributed by atoms with Crippen LogP contribution in [-0.4, -0.2) is 6.61 Å². The Balaban J connectivity index is 2.70. The quantitative estimate of drug-likeness (QED) is 0.451. The molecular formula is C25H41NO. The summed E-state index contributed by atoms with van der Waals surface area (Å²) in [4.78, 5) is 0. The van der Waals surface area contributed by atoms with E-state index in [1.165, 1.54) is 25.7 Å². The normalized spacial score (nSPS) is 15.7. The molecule has 3 unspecified atom stereocenters. The Morgan fingerprint density at radius 2 is 1.44 bits per heavy atom. The van der Waals surface area contributed by atoms with Crippen molar-refractivity contribution in [1.29, 1.82) is 5.26 Å². The van der Waals surface area contributed by atoms with Crippen LogP contribution in [0.15, 0.2) is 24.3 Å². The van der Waals surface area contributed by atoms with E-state index in [0.717, 1.165) is 18.3 Å². The maximum Gasteiger partial charge on any atom is 0.119 e. The van der Waals surface area contributed by atoms with E-state index in [2.05, 4.69) is 61.5 Å². The van der Waals surface area contributed by atoms with Gasteiger partial charge in [-0.1, -0.05) is 61.8 Å². The third-order valence-corrected chi connectivity index (χ3v) is 5.18. The van der Waals surface area contributed by atoms with Crippen molar-refractivity contribution >= 4 is 0 Å². The summed E-state index contributed by atoms with van der Waals surface area (Å²) in [7, 11) is 0. The van der Waals surface area contributed by atoms with Crippen LogP contribution in [0.4, 0.5) is 0 Å². The van der Waals surface area contributed by atoms with Crippen LogP contribution in [0.3, 0.4) is 0 Å². The molecule has 1 rings (SSSR count). The number of rotatable bonds is 9. The van der Waals surface area contributed by atoms with Crippen molar-refractivity contribution in [3.8, 4) is 11.8 Å². The average Bonchev–Trinajstić information content (AvgIpc) is 2.52. The first-order valence-corrected chi connectivity index (χ1v) is 10.5. The van der Waals surface area contributed by atoms with Crippen molar-refractivity contribution in [2.45, 2.75) is 81.1 Å². The highest BCUT2D eigenvalue weighted by molar-refractivity contribution is 5.34. The lowest BCUT2D eigenvalue weighted by Crippen LogP contribution is -2.25. The summed E-state index contributed by atoms with van der Waals surface area (Å²) in [6, 6.07) is 9.63. The summed E-state index contributed by atoms with van der Waals surface area (Å²) in [5.41, 5.74) is 1.41. The van der Waals surface area contributed by atoms with Gasteiger partial charge in [0.05, 0.1) is 18.2 Å². The molecule has 1 aromatic carbocycles. The lowest BCUT2D eigenvalue weighted by Gasteiger charge is -2.31. The summed E-state index contributed by atoms with van der Waals surface area (Å²) in [5, 5.41) is 8.94. The van der Waals surface area contributed by atoms with Crippen LogP contribution >= 0.6 is 0 Å². The molecule has 0 spiro atoms. The van der Waals surface area contributed by atoms with Gasteiger partial charge in [-0.25, -0.2) is 0 Å². The van der Waals surface area contributed by atoms with Gasteiger partial charge in [0, 0.05) is 0 Å². The summed E-state index contributed by atoms with van der Waals surface area (Å²) >= 11 is 0. The highest BCUT2D eigenvalue weighted by Gasteiger charge is 2.25. The van der Waals surface area contributed by atoms with E-state index in [0.29, 0.717) is 28.2 Å². The number of benzene rings is 1. The predicted molar refractivity (Wildman–Crippen MR) is 116 cm³/mol. The van der Waals surface area contributed by atoms with E-state index in [4.69, 9.17) is 10.00 Å². The van der Waals surface area contributed by atoms with E-state index < -0.39 is 0 Å². The predicted octanol–water partition coefficient (Wildman–Crippen LogP) is 7.48. The van der Waals surface area contributed by atoms with E-state index in [1.807, 2.05) is 24.3 Å². The van der Waals surface area contributed by atoms with Crippen molar-refractivity contribution in [3.05, 3.63) is 29.8 Å². The number of nitriles is 1. The Bertz CT molecular complexity index is 583. The van der Waals surface area contributed by atoms with Gasteiger partial charge in [0.1, 0.15) is 5.75 Å². The smallest absolute Gasteiger partial charge is 0.119 e. The van der Waals surface area contributed by atoms with Gasteiger partial charge >= 0.3 is 0 Å². The Kier molecular flexibility index (Phi) is 8.86. The van der Waals surface area contributed by atoms with Gasteiger partial charge in [-0.15, -0.1) is 0 Å². The Morgan fingerprint density at radius 3 is 1.93 bits per heavy atom. The van der Waals surface area contributed by atoms with Gasteiger partial charge in [-0.2, -0.15) is 5.26 Å². The fraction of sp³-hybridized carbons (Fsp3) is 0.720. The van der Waals surface area contributed by atoms with Crippen LogP contribution in [0, 0.1) is 39.9 Å². The first-order valence-electron chi connectivity index (χ1n) is 10.5. The third-order valence-electron chi connectivity index (χ3n) is 5.18. The highest BCUT2D eigenvalue weighted by Crippen LogP contribution is 2.34. The molecular weight excluding hydrogens is 330 g/mol. The monoisotopic (exact) mass is 371 g/mol. The van der Waals surface area contributed by atoms with Crippen LogP contribution in [0.2, 0.25) is 0 Å². The van der Waals surface area contributed by atoms with Crippen molar-refractivity contribution in [1.82, 2.24) is 0 Å². The summed E-state index contributed by atoms with van der Waals surface area (Å²) in [6.45, 7) is 19.5. The molecule has 0 aliphatic heterocycles. The zero-order valence-corrected chi connectivity index (χ0v) is 18.9. The van der Waals surface area contributed by atoms with E-state index in [9.17, 15) is 0 Å². The number of nitrogens with zero attached hydrogens (tertiary/aromatic N) is 1. The zero-order chi connectivity index (χ0) is 20.7. The second-order valence-corrected chi connectivity index (χ2v) is 10.9. The number of ether oxygens (including phenoxy) is 1. The van der Waals surface area contributed by atoms with Gasteiger partial charge in [0.25, 0.3) is 0 Å². The fourth-order valence-electron chi connectivity index (χ4n) is 4.14. The minimum Gasteiger partial charge on any atom is -0.493 e. The topological polar surface area (TPSA) is 33.0 Å². The fourth-order valence-corrected chi connectivity index (χ4v) is 4.14. The molecule has 2 nitrogen and oxygen atoms in total. The molecule has 0 aromatic heterocycles. The first kappa shape index (κ1) is 23.5. The van der Waals surface area contributed by atoms with E-state index in [1.54, 1.807) is 0 Å². The van der Waals surface area contributed by atoms with Crippen molar-refractivity contribution in [3.63, 3.8) is 0 Å². The lowest BCUT2D eigenvalue weighted by atomic mass is 9.76. The Morgan fingerprint density at radius 1 is 0.889 bits per heavy atom. The molecule has 0 radical (unpaired) electrons. The van der Waals surface area contributed by atoms with Crippen LogP contribution in [-0.2, 0) is 0 Å². The summed E-state index contributed by atoms with van der Waals surface area (Å²) in [6.07, 6.45) is 4.95. The largest absolute Gasteiger partial charge is 0.493 e. The molecule has 2 heteroatoms. The maximum atomic E-state index is 8.94. The Hall–Kier alpha value is -1.49. The third kappa shape index (κ3) is 10.4. The van der Waals surface area contributed by atoms with Gasteiger partial charge in [0.15, 0.2) is 0 Å². The van der Waals surface area contributed by atoms with Gasteiger partial charge < -0.3 is 4.74 Å². The van der Waals surface area contributed by atoms with Gasteiger partial charge in [-0.05, 0) is 72.1 Å². The average molecular weight is 372 g/mol. The van der Waals surface area contributed by atoms with Crippen LogP contribution in [0.5, 0.6) is 5.75 Å². The zero-order valence-electron chi connectivity index (χ0n) is 18.9. The number of hydrogen-bond acceptors (Lipinski definition) is 2. The molecule has 27 heavy (non-hydrogen) atoms. The van der Waals surface area contributed by atoms with E-state index >= 15 is 0 Å². The molecule has 0 aliphatic rings. The molecule has 3 atom stereocenters. The minimum atomic E-state index is 0.336. The molecule has 0 aliphatic carbocycles. The second-order valence-electron chi connectivity index (χ2n) is 10.9. The standard InChI is InChI=1S/C25H41NO/c1-19(15-24(3,4)5)9-12-22(20(2)16-25(6,7)8)18-27-23-13-10-21(17-26)11-14-23/h10-11,13-14,19-20,22H,9,12,15-16,18H2,1-8H3. The van der Waals surface area contributed by atoms with Crippen LogP contribution < -0.4 is 4.74 Å². The van der Waals surface area contributed by atoms with Crippen molar-refractivity contribution in [2.24, 2.45) is 28.6 Å². The lowest BCUT2D eigenvalue weighted by molar-refractivity contribution is 0.147. The van der Waals surface area contributed by atoms with Gasteiger partial charge in [0.2, 0.25) is 0 Å². The Labute approximate surface area is 168 Å². The molecule has 0 N–H and O–H groups in total. The number of hydrogen-bond donors (Lipinski definition) is 0. The second kappa shape index (κ2) is 10.2.